The van der Waals surface area contributed by atoms with Gasteiger partial charge in [0.1, 0.15) is 0 Å². The van der Waals surface area contributed by atoms with E-state index in [-0.39, 0.29) is 0 Å². The fraction of sp³-hybridized carbons (Fsp3) is 0.385. The van der Waals surface area contributed by atoms with Crippen molar-refractivity contribution in [1.82, 2.24) is 5.32 Å². The standard InChI is InChI=1S/C13H17N/c1-11-2-4-12(5-3-11)10-13-6-8-14-9-7-13/h2-5,10,14H,6-9H2,1H3. The van der Waals surface area contributed by atoms with Crippen LogP contribution in [-0.2, 0) is 0 Å². The Hall–Kier alpha value is -1.08. The summed E-state index contributed by atoms with van der Waals surface area (Å²) in [6, 6.07) is 8.75. The van der Waals surface area contributed by atoms with E-state index in [4.69, 9.17) is 0 Å². The molecular formula is C13H17N. The molecule has 0 atom stereocenters. The fourth-order valence-electron chi connectivity index (χ4n) is 1.79. The molecule has 1 fully saturated rings. The van der Waals surface area contributed by atoms with E-state index in [1.54, 1.807) is 5.57 Å². The van der Waals surface area contributed by atoms with Gasteiger partial charge in [-0.1, -0.05) is 41.5 Å². The zero-order chi connectivity index (χ0) is 9.80. The van der Waals surface area contributed by atoms with Crippen LogP contribution in [0.5, 0.6) is 0 Å². The van der Waals surface area contributed by atoms with Gasteiger partial charge in [0.2, 0.25) is 0 Å². The second-order valence-corrected chi connectivity index (χ2v) is 3.96. The normalized spacial score (nSPS) is 16.8. The molecule has 0 bridgehead atoms. The number of rotatable bonds is 1. The van der Waals surface area contributed by atoms with Gasteiger partial charge in [-0.25, -0.2) is 0 Å². The molecule has 2 rings (SSSR count). The molecular weight excluding hydrogens is 170 g/mol. The summed E-state index contributed by atoms with van der Waals surface area (Å²) in [5.41, 5.74) is 4.25. The van der Waals surface area contributed by atoms with Crippen LogP contribution in [0.3, 0.4) is 0 Å². The molecule has 0 spiro atoms. The smallest absolute Gasteiger partial charge is 0.00113 e. The lowest BCUT2D eigenvalue weighted by Gasteiger charge is -2.15. The van der Waals surface area contributed by atoms with Crippen LogP contribution in [0.4, 0.5) is 0 Å². The number of hydrogen-bond donors (Lipinski definition) is 1. The zero-order valence-electron chi connectivity index (χ0n) is 8.72. The molecule has 14 heavy (non-hydrogen) atoms. The summed E-state index contributed by atoms with van der Waals surface area (Å²) in [7, 11) is 0. The zero-order valence-corrected chi connectivity index (χ0v) is 8.72. The molecule has 0 aromatic heterocycles. The fourth-order valence-corrected chi connectivity index (χ4v) is 1.79. The highest BCUT2D eigenvalue weighted by Gasteiger charge is 2.03. The van der Waals surface area contributed by atoms with E-state index >= 15 is 0 Å². The van der Waals surface area contributed by atoms with Gasteiger partial charge >= 0.3 is 0 Å². The van der Waals surface area contributed by atoms with Gasteiger partial charge in [0.25, 0.3) is 0 Å². The van der Waals surface area contributed by atoms with Gasteiger partial charge in [-0.2, -0.15) is 0 Å². The van der Waals surface area contributed by atoms with E-state index in [1.165, 1.54) is 24.0 Å². The SMILES string of the molecule is Cc1ccc(C=C2CCNCC2)cc1. The Morgan fingerprint density at radius 1 is 1.07 bits per heavy atom. The Balaban J connectivity index is 2.11. The van der Waals surface area contributed by atoms with E-state index in [0.29, 0.717) is 0 Å². The van der Waals surface area contributed by atoms with Crippen LogP contribution in [0.15, 0.2) is 29.8 Å². The molecule has 1 aromatic carbocycles. The predicted octanol–water partition coefficient (Wildman–Crippen LogP) is 2.76. The molecule has 0 radical (unpaired) electrons. The Bertz CT molecular complexity index is 314. The molecule has 1 nitrogen and oxygen atoms in total. The topological polar surface area (TPSA) is 12.0 Å². The molecule has 1 saturated heterocycles. The summed E-state index contributed by atoms with van der Waals surface area (Å²) in [6.07, 6.45) is 4.74. The van der Waals surface area contributed by atoms with E-state index in [1.807, 2.05) is 0 Å². The molecule has 1 aliphatic rings. The van der Waals surface area contributed by atoms with Crippen molar-refractivity contribution in [1.29, 1.82) is 0 Å². The highest BCUT2D eigenvalue weighted by molar-refractivity contribution is 5.53. The van der Waals surface area contributed by atoms with E-state index in [0.717, 1.165) is 13.1 Å². The third-order valence-electron chi connectivity index (χ3n) is 2.69. The highest BCUT2D eigenvalue weighted by atomic mass is 14.9. The summed E-state index contributed by atoms with van der Waals surface area (Å²) >= 11 is 0. The summed E-state index contributed by atoms with van der Waals surface area (Å²) < 4.78 is 0. The number of benzene rings is 1. The van der Waals surface area contributed by atoms with Crippen molar-refractivity contribution in [3.63, 3.8) is 0 Å². The van der Waals surface area contributed by atoms with Gasteiger partial charge in [-0.15, -0.1) is 0 Å². The maximum atomic E-state index is 3.37. The van der Waals surface area contributed by atoms with Crippen molar-refractivity contribution >= 4 is 6.08 Å². The minimum atomic E-state index is 1.14. The van der Waals surface area contributed by atoms with Gasteiger partial charge in [0.05, 0.1) is 0 Å². The second-order valence-electron chi connectivity index (χ2n) is 3.96. The number of aryl methyl sites for hydroxylation is 1. The van der Waals surface area contributed by atoms with Crippen LogP contribution in [0.25, 0.3) is 6.08 Å². The van der Waals surface area contributed by atoms with Crippen molar-refractivity contribution < 1.29 is 0 Å². The molecule has 1 aromatic rings. The lowest BCUT2D eigenvalue weighted by atomic mass is 10.0. The molecule has 0 unspecified atom stereocenters. The minimum absolute atomic E-state index is 1.14. The van der Waals surface area contributed by atoms with Crippen LogP contribution in [-0.4, -0.2) is 13.1 Å². The van der Waals surface area contributed by atoms with Crippen molar-refractivity contribution in [2.24, 2.45) is 0 Å². The molecule has 0 aliphatic carbocycles. The third kappa shape index (κ3) is 2.46. The van der Waals surface area contributed by atoms with Gasteiger partial charge in [0.15, 0.2) is 0 Å². The molecule has 1 heterocycles. The van der Waals surface area contributed by atoms with Crippen molar-refractivity contribution in [2.45, 2.75) is 19.8 Å². The molecule has 0 amide bonds. The molecule has 1 aliphatic heterocycles. The van der Waals surface area contributed by atoms with Crippen LogP contribution >= 0.6 is 0 Å². The average Bonchev–Trinajstić information content (AvgIpc) is 2.23. The first-order valence-corrected chi connectivity index (χ1v) is 5.31. The van der Waals surface area contributed by atoms with Crippen molar-refractivity contribution in [3.05, 3.63) is 41.0 Å². The van der Waals surface area contributed by atoms with Gasteiger partial charge in [-0.3, -0.25) is 0 Å². The van der Waals surface area contributed by atoms with Crippen molar-refractivity contribution in [3.8, 4) is 0 Å². The lowest BCUT2D eigenvalue weighted by Crippen LogP contribution is -2.22. The van der Waals surface area contributed by atoms with Crippen LogP contribution < -0.4 is 5.32 Å². The maximum Gasteiger partial charge on any atom is -0.00113 e. The Labute approximate surface area is 85.8 Å². The van der Waals surface area contributed by atoms with E-state index < -0.39 is 0 Å². The summed E-state index contributed by atoms with van der Waals surface area (Å²) in [5, 5.41) is 3.37. The Morgan fingerprint density at radius 2 is 1.71 bits per heavy atom. The summed E-state index contributed by atoms with van der Waals surface area (Å²) in [5.74, 6) is 0. The predicted molar refractivity (Wildman–Crippen MR) is 61.3 cm³/mol. The van der Waals surface area contributed by atoms with Gasteiger partial charge in [0, 0.05) is 0 Å². The number of nitrogens with one attached hydrogen (secondary N) is 1. The minimum Gasteiger partial charge on any atom is -0.316 e. The molecule has 74 valence electrons. The summed E-state index contributed by atoms with van der Waals surface area (Å²) in [6.45, 7) is 4.40. The maximum absolute atomic E-state index is 3.37. The second kappa shape index (κ2) is 4.43. The number of piperidine rings is 1. The lowest BCUT2D eigenvalue weighted by molar-refractivity contribution is 0.613. The number of hydrogen-bond acceptors (Lipinski definition) is 1. The van der Waals surface area contributed by atoms with E-state index in [2.05, 4.69) is 42.6 Å². The first-order chi connectivity index (χ1) is 6.84. The van der Waals surface area contributed by atoms with Gasteiger partial charge < -0.3 is 5.32 Å². The third-order valence-corrected chi connectivity index (χ3v) is 2.69. The first kappa shape index (κ1) is 9.47. The van der Waals surface area contributed by atoms with Crippen LogP contribution in [0, 0.1) is 6.92 Å². The molecule has 1 N–H and O–H groups in total. The monoisotopic (exact) mass is 187 g/mol. The van der Waals surface area contributed by atoms with E-state index in [9.17, 15) is 0 Å². The van der Waals surface area contributed by atoms with Gasteiger partial charge in [-0.05, 0) is 38.4 Å². The average molecular weight is 187 g/mol. The Morgan fingerprint density at radius 3 is 2.36 bits per heavy atom. The molecule has 0 saturated carbocycles. The van der Waals surface area contributed by atoms with Crippen molar-refractivity contribution in [2.75, 3.05) is 13.1 Å². The Kier molecular flexibility index (Phi) is 3.00. The first-order valence-electron chi connectivity index (χ1n) is 5.31. The highest BCUT2D eigenvalue weighted by Crippen LogP contribution is 2.15. The van der Waals surface area contributed by atoms with Crippen LogP contribution in [0.1, 0.15) is 24.0 Å². The largest absolute Gasteiger partial charge is 0.316 e. The summed E-state index contributed by atoms with van der Waals surface area (Å²) in [4.78, 5) is 0. The van der Waals surface area contributed by atoms with Crippen LogP contribution in [0.2, 0.25) is 0 Å². The quantitative estimate of drug-likeness (QED) is 0.713. The molecule has 1 heteroatoms.